The highest BCUT2D eigenvalue weighted by molar-refractivity contribution is 7.63. The first-order chi connectivity index (χ1) is 12.6. The number of rotatable bonds is 6. The van der Waals surface area contributed by atoms with Crippen LogP contribution in [0.1, 0.15) is 11.6 Å². The van der Waals surface area contributed by atoms with Gasteiger partial charge < -0.3 is 14.2 Å². The van der Waals surface area contributed by atoms with Gasteiger partial charge in [0.05, 0.1) is 6.16 Å². The van der Waals surface area contributed by atoms with Crippen LogP contribution in [0.15, 0.2) is 47.1 Å². The third-order valence-electron chi connectivity index (χ3n) is 3.43. The SMILES string of the molecule is CP(=O)(Cc1ccc(-c2noc(C(F)(F)Cl)n2)cn1)Nc1ccc(Cl)cc1. The van der Waals surface area contributed by atoms with Crippen LogP contribution in [0, 0.1) is 0 Å². The van der Waals surface area contributed by atoms with E-state index >= 15 is 0 Å². The van der Waals surface area contributed by atoms with E-state index in [2.05, 4.69) is 24.7 Å². The number of aromatic nitrogens is 3. The summed E-state index contributed by atoms with van der Waals surface area (Å²) in [6, 6.07) is 10.0. The maximum Gasteiger partial charge on any atom is 0.400 e. The number of benzene rings is 1. The molecule has 0 saturated carbocycles. The van der Waals surface area contributed by atoms with Crippen LogP contribution in [0.3, 0.4) is 0 Å². The number of hydrogen-bond acceptors (Lipinski definition) is 5. The van der Waals surface area contributed by atoms with E-state index in [1.807, 2.05) is 0 Å². The van der Waals surface area contributed by atoms with Crippen molar-refractivity contribution in [3.8, 4) is 11.4 Å². The van der Waals surface area contributed by atoms with Gasteiger partial charge in [-0.1, -0.05) is 16.8 Å². The quantitative estimate of drug-likeness (QED) is 0.403. The van der Waals surface area contributed by atoms with Crippen LogP contribution in [-0.2, 0) is 16.1 Å². The second kappa shape index (κ2) is 7.54. The minimum atomic E-state index is -3.74. The molecular formula is C16H13Cl2F2N4O2P. The van der Waals surface area contributed by atoms with E-state index in [0.717, 1.165) is 0 Å². The van der Waals surface area contributed by atoms with Crippen LogP contribution in [0.25, 0.3) is 11.4 Å². The van der Waals surface area contributed by atoms with E-state index in [0.29, 0.717) is 22.0 Å². The fraction of sp³-hybridized carbons (Fsp3) is 0.188. The van der Waals surface area contributed by atoms with Crippen LogP contribution < -0.4 is 5.09 Å². The summed E-state index contributed by atoms with van der Waals surface area (Å²) in [4.78, 5) is 7.73. The zero-order valence-electron chi connectivity index (χ0n) is 13.9. The Labute approximate surface area is 163 Å². The third kappa shape index (κ3) is 5.25. The van der Waals surface area contributed by atoms with E-state index in [9.17, 15) is 13.3 Å². The Bertz CT molecular complexity index is 975. The summed E-state index contributed by atoms with van der Waals surface area (Å²) in [6.45, 7) is 1.60. The Morgan fingerprint density at radius 1 is 1.22 bits per heavy atom. The monoisotopic (exact) mass is 432 g/mol. The molecule has 2 heterocycles. The number of hydrogen-bond donors (Lipinski definition) is 1. The van der Waals surface area contributed by atoms with E-state index in [1.165, 1.54) is 6.20 Å². The van der Waals surface area contributed by atoms with Gasteiger partial charge in [0.2, 0.25) is 5.82 Å². The number of pyridine rings is 1. The average Bonchev–Trinajstić information content (AvgIpc) is 3.07. The smallest absolute Gasteiger partial charge is 0.336 e. The fourth-order valence-electron chi connectivity index (χ4n) is 2.25. The van der Waals surface area contributed by atoms with Crippen molar-refractivity contribution in [3.05, 3.63) is 59.2 Å². The molecule has 3 rings (SSSR count). The second-order valence-electron chi connectivity index (χ2n) is 5.84. The first-order valence-corrected chi connectivity index (χ1v) is 10.7. The number of anilines is 1. The predicted molar refractivity (Wildman–Crippen MR) is 99.6 cm³/mol. The standard InChI is InChI=1S/C16H13Cl2F2N4O2P/c1-27(25,24-12-6-3-11(17)4-7-12)9-13-5-2-10(8-21-13)14-22-15(26-23-14)16(18,19)20/h2-8H,9H2,1H3,(H,24,25). The third-order valence-corrected chi connectivity index (χ3v) is 5.50. The fourth-order valence-corrected chi connectivity index (χ4v) is 4.03. The molecule has 27 heavy (non-hydrogen) atoms. The molecule has 1 N–H and O–H groups in total. The molecule has 1 atom stereocenters. The summed E-state index contributed by atoms with van der Waals surface area (Å²) >= 11 is 10.7. The summed E-state index contributed by atoms with van der Waals surface area (Å²) in [6.07, 6.45) is 1.58. The zero-order chi connectivity index (χ0) is 19.7. The molecule has 2 aromatic heterocycles. The lowest BCUT2D eigenvalue weighted by Gasteiger charge is -2.16. The molecule has 6 nitrogen and oxygen atoms in total. The van der Waals surface area contributed by atoms with Gasteiger partial charge in [-0.15, -0.1) is 0 Å². The maximum atomic E-state index is 12.9. The lowest BCUT2D eigenvalue weighted by atomic mass is 10.2. The number of nitrogens with zero attached hydrogens (tertiary/aromatic N) is 3. The number of nitrogens with one attached hydrogen (secondary N) is 1. The summed E-state index contributed by atoms with van der Waals surface area (Å²) in [5.74, 6) is -1.06. The van der Waals surface area contributed by atoms with Gasteiger partial charge in [-0.25, -0.2) is 0 Å². The van der Waals surface area contributed by atoms with Gasteiger partial charge in [-0.05, 0) is 48.0 Å². The second-order valence-corrected chi connectivity index (χ2v) is 9.49. The van der Waals surface area contributed by atoms with Gasteiger partial charge in [-0.3, -0.25) is 4.98 Å². The Morgan fingerprint density at radius 3 is 2.48 bits per heavy atom. The Hall–Kier alpha value is -2.02. The highest BCUT2D eigenvalue weighted by Gasteiger charge is 2.35. The van der Waals surface area contributed by atoms with Crippen LogP contribution >= 0.6 is 30.5 Å². The first-order valence-electron chi connectivity index (χ1n) is 7.59. The molecule has 3 aromatic rings. The van der Waals surface area contributed by atoms with Crippen molar-refractivity contribution < 1.29 is 17.9 Å². The van der Waals surface area contributed by atoms with E-state index in [1.54, 1.807) is 43.1 Å². The van der Waals surface area contributed by atoms with E-state index < -0.39 is 18.6 Å². The molecule has 0 aliphatic rings. The lowest BCUT2D eigenvalue weighted by Crippen LogP contribution is -2.03. The summed E-state index contributed by atoms with van der Waals surface area (Å²) in [5, 5.41) is 3.28. The van der Waals surface area contributed by atoms with Crippen molar-refractivity contribution in [1.82, 2.24) is 15.1 Å². The van der Waals surface area contributed by atoms with Gasteiger partial charge in [-0.2, -0.15) is 13.8 Å². The molecule has 1 unspecified atom stereocenters. The van der Waals surface area contributed by atoms with Crippen molar-refractivity contribution >= 4 is 36.2 Å². The molecule has 142 valence electrons. The van der Waals surface area contributed by atoms with Gasteiger partial charge in [0.25, 0.3) is 0 Å². The van der Waals surface area contributed by atoms with Crippen molar-refractivity contribution in [2.75, 3.05) is 11.8 Å². The molecule has 0 fully saturated rings. The molecule has 1 aromatic carbocycles. The highest BCUT2D eigenvalue weighted by Crippen LogP contribution is 2.44. The molecule has 11 heteroatoms. The molecule has 0 spiro atoms. The maximum absolute atomic E-state index is 12.9. The van der Waals surface area contributed by atoms with Crippen molar-refractivity contribution in [3.63, 3.8) is 0 Å². The van der Waals surface area contributed by atoms with Crippen LogP contribution in [0.5, 0.6) is 0 Å². The normalized spacial score (nSPS) is 14.0. The van der Waals surface area contributed by atoms with E-state index in [-0.39, 0.29) is 12.0 Å². The number of halogens is 4. The predicted octanol–water partition coefficient (Wildman–Crippen LogP) is 5.59. The van der Waals surface area contributed by atoms with Crippen LogP contribution in [-0.4, -0.2) is 21.8 Å². The molecule has 0 amide bonds. The summed E-state index contributed by atoms with van der Waals surface area (Å²) in [5.41, 5.74) is 1.60. The Balaban J connectivity index is 1.70. The lowest BCUT2D eigenvalue weighted by molar-refractivity contribution is 0.0551. The first kappa shape index (κ1) is 19.7. The molecule has 0 radical (unpaired) electrons. The zero-order valence-corrected chi connectivity index (χ0v) is 16.3. The molecule has 0 bridgehead atoms. The topological polar surface area (TPSA) is 80.9 Å². The van der Waals surface area contributed by atoms with Gasteiger partial charge >= 0.3 is 11.3 Å². The van der Waals surface area contributed by atoms with Crippen LogP contribution in [0.2, 0.25) is 5.02 Å². The Kier molecular flexibility index (Phi) is 5.51. The van der Waals surface area contributed by atoms with Gasteiger partial charge in [0, 0.05) is 34.8 Å². The largest absolute Gasteiger partial charge is 0.400 e. The number of alkyl halides is 3. The van der Waals surface area contributed by atoms with Crippen molar-refractivity contribution in [1.29, 1.82) is 0 Å². The minimum Gasteiger partial charge on any atom is -0.336 e. The summed E-state index contributed by atoms with van der Waals surface area (Å²) < 4.78 is 43.1. The van der Waals surface area contributed by atoms with Crippen LogP contribution in [0.4, 0.5) is 14.5 Å². The van der Waals surface area contributed by atoms with E-state index in [4.69, 9.17) is 23.2 Å². The minimum absolute atomic E-state index is 0.0663. The molecule has 0 aliphatic heterocycles. The van der Waals surface area contributed by atoms with Gasteiger partial charge in [0.15, 0.2) is 7.29 Å². The molecular weight excluding hydrogens is 420 g/mol. The highest BCUT2D eigenvalue weighted by atomic mass is 35.5. The molecule has 0 saturated heterocycles. The average molecular weight is 433 g/mol. The Morgan fingerprint density at radius 2 is 1.93 bits per heavy atom. The summed E-state index contributed by atoms with van der Waals surface area (Å²) in [7, 11) is -2.78. The van der Waals surface area contributed by atoms with Gasteiger partial charge in [0.1, 0.15) is 0 Å². The molecule has 0 aliphatic carbocycles. The van der Waals surface area contributed by atoms with Crippen molar-refractivity contribution in [2.45, 2.75) is 11.5 Å². The van der Waals surface area contributed by atoms with Crippen molar-refractivity contribution in [2.24, 2.45) is 0 Å².